The molecule has 0 bridgehead atoms. The molecule has 1 N–H and O–H groups in total. The molecule has 1 amide bonds. The molecule has 0 saturated carbocycles. The summed E-state index contributed by atoms with van der Waals surface area (Å²) in [6, 6.07) is -0.354. The Morgan fingerprint density at radius 2 is 1.03 bits per heavy atom. The Balaban J connectivity index is 0. The molecule has 0 aliphatic carbocycles. The van der Waals surface area contributed by atoms with Crippen molar-refractivity contribution in [2.24, 2.45) is 5.92 Å². The zero-order valence-corrected chi connectivity index (χ0v) is 23.5. The smallest absolute Gasteiger partial charge is 0.220 e. The first-order valence-electron chi connectivity index (χ1n) is 13.6. The van der Waals surface area contributed by atoms with Gasteiger partial charge in [-0.3, -0.25) is 9.59 Å². The Morgan fingerprint density at radius 3 is 1.37 bits per heavy atom. The normalized spacial score (nSPS) is 13.1. The number of ketones is 1. The summed E-state index contributed by atoms with van der Waals surface area (Å²) >= 11 is 0. The maximum atomic E-state index is 12.0. The van der Waals surface area contributed by atoms with Crippen molar-refractivity contribution in [2.45, 2.75) is 112 Å². The third-order valence-electron chi connectivity index (χ3n) is 4.67. The van der Waals surface area contributed by atoms with Crippen molar-refractivity contribution < 1.29 is 9.59 Å². The van der Waals surface area contributed by atoms with Gasteiger partial charge in [-0.2, -0.15) is 0 Å². The first-order valence-corrected chi connectivity index (χ1v) is 13.6. The molecule has 0 aromatic carbocycles. The Morgan fingerprint density at radius 1 is 0.657 bits per heavy atom. The van der Waals surface area contributed by atoms with Gasteiger partial charge in [0.2, 0.25) is 5.91 Å². The molecular weight excluding hydrogens is 430 g/mol. The predicted octanol–water partition coefficient (Wildman–Crippen LogP) is 9.00. The van der Waals surface area contributed by atoms with Crippen LogP contribution in [0.5, 0.6) is 0 Å². The molecule has 198 valence electrons. The fraction of sp³-hybridized carbons (Fsp3) is 0.562. The van der Waals surface area contributed by atoms with E-state index in [1.807, 2.05) is 6.08 Å². The topological polar surface area (TPSA) is 46.2 Å². The Kier molecular flexibility index (Phi) is 27.6. The van der Waals surface area contributed by atoms with Crippen molar-refractivity contribution in [3.05, 3.63) is 72.9 Å². The van der Waals surface area contributed by atoms with E-state index in [0.29, 0.717) is 25.2 Å². The molecule has 1 atom stereocenters. The van der Waals surface area contributed by atoms with Crippen LogP contribution in [-0.4, -0.2) is 17.7 Å². The van der Waals surface area contributed by atoms with E-state index in [2.05, 4.69) is 107 Å². The van der Waals surface area contributed by atoms with Crippen molar-refractivity contribution in [1.82, 2.24) is 5.32 Å². The van der Waals surface area contributed by atoms with E-state index in [0.717, 1.165) is 38.5 Å². The van der Waals surface area contributed by atoms with Crippen LogP contribution in [0.3, 0.4) is 0 Å². The number of Topliss-reactive ketones (excluding diaryl/α,β-unsaturated/α-hetero) is 1. The maximum Gasteiger partial charge on any atom is 0.220 e. The standard InChI is InChI=1S/C29H45NO2.C3H8/c1-5-6-7-8-9-10-11-12-13-14-15-16-17-18-19-20-21-22-23-24-29(32)30-28(27(4)31)25-26(2)3;1-3-2/h6-7,9-10,12-13,15-16,18-19,21-22,26,28H,5,8,11,14,17,20,23-25H2,1-4H3,(H,30,32);3H2,1-2H3/b7-6-,10-9-,13-12-,16-15-,19-18-,22-21-;. The van der Waals surface area contributed by atoms with Crippen LogP contribution in [0.1, 0.15) is 106 Å². The third kappa shape index (κ3) is 29.5. The molecule has 0 aliphatic heterocycles. The summed E-state index contributed by atoms with van der Waals surface area (Å²) in [6.45, 7) is 12.1. The number of carbonyl (C=O) groups is 2. The zero-order chi connectivity index (χ0) is 26.6. The Hall–Kier alpha value is -2.42. The number of allylic oxidation sites excluding steroid dienone is 12. The van der Waals surface area contributed by atoms with Gasteiger partial charge in [-0.25, -0.2) is 0 Å². The monoisotopic (exact) mass is 483 g/mol. The van der Waals surface area contributed by atoms with Gasteiger partial charge in [0.15, 0.2) is 5.78 Å². The second kappa shape index (κ2) is 27.8. The van der Waals surface area contributed by atoms with E-state index in [-0.39, 0.29) is 17.7 Å². The minimum Gasteiger partial charge on any atom is -0.346 e. The Bertz CT molecular complexity index is 678. The van der Waals surface area contributed by atoms with Gasteiger partial charge >= 0.3 is 0 Å². The maximum absolute atomic E-state index is 12.0. The second-order valence-corrected chi connectivity index (χ2v) is 9.02. The van der Waals surface area contributed by atoms with Crippen LogP contribution in [-0.2, 0) is 9.59 Å². The molecular formula is C32H53NO2. The van der Waals surface area contributed by atoms with E-state index in [1.54, 1.807) is 6.92 Å². The van der Waals surface area contributed by atoms with Crippen molar-refractivity contribution in [2.75, 3.05) is 0 Å². The first-order chi connectivity index (χ1) is 16.9. The van der Waals surface area contributed by atoms with Crippen LogP contribution in [0.15, 0.2) is 72.9 Å². The van der Waals surface area contributed by atoms with Crippen molar-refractivity contribution >= 4 is 11.7 Å². The fourth-order valence-corrected chi connectivity index (χ4v) is 2.92. The van der Waals surface area contributed by atoms with Crippen LogP contribution in [0.2, 0.25) is 0 Å². The third-order valence-corrected chi connectivity index (χ3v) is 4.67. The first kappa shape index (κ1) is 34.7. The highest BCUT2D eigenvalue weighted by atomic mass is 16.2. The van der Waals surface area contributed by atoms with E-state index in [1.165, 1.54) is 6.42 Å². The summed E-state index contributed by atoms with van der Waals surface area (Å²) in [5, 5.41) is 2.85. The highest BCUT2D eigenvalue weighted by Gasteiger charge is 2.17. The van der Waals surface area contributed by atoms with Gasteiger partial charge in [0.25, 0.3) is 0 Å². The molecule has 0 saturated heterocycles. The number of hydrogen-bond donors (Lipinski definition) is 1. The molecule has 3 heteroatoms. The average Bonchev–Trinajstić information content (AvgIpc) is 2.80. The summed E-state index contributed by atoms with van der Waals surface area (Å²) in [6.07, 6.45) is 35.0. The molecule has 1 unspecified atom stereocenters. The lowest BCUT2D eigenvalue weighted by Gasteiger charge is -2.17. The van der Waals surface area contributed by atoms with Crippen molar-refractivity contribution in [1.29, 1.82) is 0 Å². The molecule has 0 heterocycles. The lowest BCUT2D eigenvalue weighted by Crippen LogP contribution is -2.40. The minimum atomic E-state index is -0.354. The van der Waals surface area contributed by atoms with Crippen LogP contribution < -0.4 is 5.32 Å². The van der Waals surface area contributed by atoms with Crippen LogP contribution in [0, 0.1) is 5.92 Å². The lowest BCUT2D eigenvalue weighted by molar-refractivity contribution is -0.127. The predicted molar refractivity (Wildman–Crippen MR) is 155 cm³/mol. The van der Waals surface area contributed by atoms with Gasteiger partial charge in [0.1, 0.15) is 0 Å². The van der Waals surface area contributed by atoms with Crippen molar-refractivity contribution in [3.8, 4) is 0 Å². The number of nitrogens with one attached hydrogen (secondary N) is 1. The van der Waals surface area contributed by atoms with Gasteiger partial charge in [0.05, 0.1) is 6.04 Å². The van der Waals surface area contributed by atoms with E-state index in [4.69, 9.17) is 0 Å². The van der Waals surface area contributed by atoms with Crippen molar-refractivity contribution in [3.63, 3.8) is 0 Å². The average molecular weight is 484 g/mol. The lowest BCUT2D eigenvalue weighted by atomic mass is 10.0. The molecule has 0 fully saturated rings. The van der Waals surface area contributed by atoms with Gasteiger partial charge < -0.3 is 5.32 Å². The number of amides is 1. The largest absolute Gasteiger partial charge is 0.346 e. The van der Waals surface area contributed by atoms with Gasteiger partial charge in [-0.05, 0) is 64.2 Å². The molecule has 35 heavy (non-hydrogen) atoms. The second-order valence-electron chi connectivity index (χ2n) is 9.02. The number of rotatable bonds is 18. The Labute approximate surface area is 217 Å². The van der Waals surface area contributed by atoms with Gasteiger partial charge in [-0.1, -0.05) is 114 Å². The van der Waals surface area contributed by atoms with Crippen LogP contribution in [0.4, 0.5) is 0 Å². The molecule has 0 aliphatic rings. The summed E-state index contributed by atoms with van der Waals surface area (Å²) in [4.78, 5) is 23.6. The quantitative estimate of drug-likeness (QED) is 0.198. The number of hydrogen-bond acceptors (Lipinski definition) is 2. The molecule has 3 nitrogen and oxygen atoms in total. The highest BCUT2D eigenvalue weighted by Crippen LogP contribution is 2.06. The van der Waals surface area contributed by atoms with E-state index in [9.17, 15) is 9.59 Å². The summed E-state index contributed by atoms with van der Waals surface area (Å²) in [7, 11) is 0. The molecule has 0 aromatic rings. The fourth-order valence-electron chi connectivity index (χ4n) is 2.92. The highest BCUT2D eigenvalue weighted by molar-refractivity contribution is 5.87. The summed E-state index contributed by atoms with van der Waals surface area (Å²) in [5.74, 6) is 0.360. The van der Waals surface area contributed by atoms with E-state index < -0.39 is 0 Å². The molecule has 0 spiro atoms. The minimum absolute atomic E-state index is 0.0287. The van der Waals surface area contributed by atoms with Gasteiger partial charge in [0, 0.05) is 6.42 Å². The van der Waals surface area contributed by atoms with Gasteiger partial charge in [-0.15, -0.1) is 0 Å². The van der Waals surface area contributed by atoms with Crippen LogP contribution in [0.25, 0.3) is 0 Å². The number of carbonyl (C=O) groups excluding carboxylic acids is 2. The molecule has 0 rings (SSSR count). The zero-order valence-electron chi connectivity index (χ0n) is 23.5. The summed E-state index contributed by atoms with van der Waals surface area (Å²) in [5.41, 5.74) is 0. The SMILES string of the molecule is CC/C=C\C/C=C\C/C=C\C/C=C\C/C=C\C/C=C\CCC(=O)NC(CC(C)C)C(C)=O.CCC. The molecule has 0 aromatic heterocycles. The van der Waals surface area contributed by atoms with E-state index >= 15 is 0 Å². The van der Waals surface area contributed by atoms with Crippen LogP contribution >= 0.6 is 0 Å². The summed E-state index contributed by atoms with van der Waals surface area (Å²) < 4.78 is 0. The molecule has 0 radical (unpaired) electrons.